The molecule has 7 nitrogen and oxygen atoms in total. The Labute approximate surface area is 169 Å². The lowest BCUT2D eigenvalue weighted by molar-refractivity contribution is -0.193. The van der Waals surface area contributed by atoms with Crippen molar-refractivity contribution in [2.45, 2.75) is 37.5 Å². The van der Waals surface area contributed by atoms with E-state index in [1.54, 1.807) is 6.08 Å². The summed E-state index contributed by atoms with van der Waals surface area (Å²) in [7, 11) is 1.33. The zero-order chi connectivity index (χ0) is 21.0. The number of rotatable bonds is 4. The number of hydrogen-bond donors (Lipinski definition) is 3. The summed E-state index contributed by atoms with van der Waals surface area (Å²) < 4.78 is 5.34. The maximum atomic E-state index is 13.2. The van der Waals surface area contributed by atoms with Crippen LogP contribution in [0.15, 0.2) is 42.6 Å². The molecule has 3 heterocycles. The predicted octanol–water partition coefficient (Wildman–Crippen LogP) is 2.04. The minimum Gasteiger partial charge on any atom is -0.387 e. The number of benzene rings is 1. The summed E-state index contributed by atoms with van der Waals surface area (Å²) in [5.41, 5.74) is 0.752. The molecule has 2 atom stereocenters. The van der Waals surface area contributed by atoms with E-state index in [9.17, 15) is 14.7 Å². The summed E-state index contributed by atoms with van der Waals surface area (Å²) >= 11 is 0. The Morgan fingerprint density at radius 1 is 1.34 bits per heavy atom. The van der Waals surface area contributed by atoms with Crippen LogP contribution < -0.4 is 5.32 Å². The number of carbonyl (C=O) groups is 2. The molecule has 2 aliphatic heterocycles. The number of nitrogens with one attached hydrogen (secondary N) is 2. The smallest absolute Gasteiger partial charge is 0.280 e. The monoisotopic (exact) mass is 395 g/mol. The highest BCUT2D eigenvalue weighted by Gasteiger charge is 2.60. The summed E-state index contributed by atoms with van der Waals surface area (Å²) in [5, 5.41) is 13.9. The van der Waals surface area contributed by atoms with Crippen LogP contribution in [0.5, 0.6) is 0 Å². The molecule has 152 valence electrons. The van der Waals surface area contributed by atoms with Crippen molar-refractivity contribution in [1.82, 2.24) is 15.2 Å². The van der Waals surface area contributed by atoms with Crippen LogP contribution in [0, 0.1) is 0 Å². The molecule has 0 saturated carbocycles. The first-order valence-electron chi connectivity index (χ1n) is 9.59. The first-order valence-corrected chi connectivity index (χ1v) is 9.59. The van der Waals surface area contributed by atoms with Crippen molar-refractivity contribution in [3.05, 3.63) is 53.9 Å². The number of nitrogens with zero attached hydrogens (tertiary/aromatic N) is 1. The minimum atomic E-state index is -1.67. The van der Waals surface area contributed by atoms with Gasteiger partial charge in [-0.1, -0.05) is 38.1 Å². The largest absolute Gasteiger partial charge is 0.387 e. The number of allylic oxidation sites excluding steroid dienone is 1. The molecule has 0 radical (unpaired) electrons. The molecule has 3 N–H and O–H groups in total. The molecule has 29 heavy (non-hydrogen) atoms. The van der Waals surface area contributed by atoms with Crippen LogP contribution in [0.25, 0.3) is 17.0 Å². The van der Waals surface area contributed by atoms with E-state index in [2.05, 4.69) is 16.9 Å². The molecular formula is C22H25N3O4. The predicted molar refractivity (Wildman–Crippen MR) is 110 cm³/mol. The van der Waals surface area contributed by atoms with Gasteiger partial charge in [0.05, 0.1) is 0 Å². The summed E-state index contributed by atoms with van der Waals surface area (Å²) in [6.45, 7) is 8.24. The Morgan fingerprint density at radius 2 is 2.07 bits per heavy atom. The molecule has 4 rings (SSSR count). The van der Waals surface area contributed by atoms with Crippen LogP contribution in [0.4, 0.5) is 0 Å². The summed E-state index contributed by atoms with van der Waals surface area (Å²) in [5.74, 6) is -0.920. The SMILES string of the molecule is C=CC(C)(C)c1[nH]c2ccccc2c1/C=C1\NC(=O)[C@]2(OC)[C@@H](O)CCN2C1=O. The standard InChI is InChI=1S/C22H25N3O4/c1-5-21(2,3)18-14(13-8-6-7-9-15(13)23-18)12-16-19(27)25-11-10-17(26)22(25,29-4)20(28)24-16/h5-9,12,17,23,26H,1,10-11H2,2-4H3,(H,24,28)/b16-12-/t17-,22+/m0/s1. The summed E-state index contributed by atoms with van der Waals surface area (Å²) in [4.78, 5) is 30.8. The third-order valence-corrected chi connectivity index (χ3v) is 6.03. The molecule has 0 aliphatic carbocycles. The van der Waals surface area contributed by atoms with Crippen LogP contribution in [0.2, 0.25) is 0 Å². The van der Waals surface area contributed by atoms with E-state index in [0.29, 0.717) is 0 Å². The lowest BCUT2D eigenvalue weighted by Gasteiger charge is -2.41. The third kappa shape index (κ3) is 2.65. The Morgan fingerprint density at radius 3 is 2.76 bits per heavy atom. The van der Waals surface area contributed by atoms with Crippen LogP contribution >= 0.6 is 0 Å². The van der Waals surface area contributed by atoms with Gasteiger partial charge in [-0.3, -0.25) is 14.5 Å². The average molecular weight is 395 g/mol. The second-order valence-corrected chi connectivity index (χ2v) is 8.06. The van der Waals surface area contributed by atoms with Gasteiger partial charge >= 0.3 is 0 Å². The highest BCUT2D eigenvalue weighted by molar-refractivity contribution is 6.10. The van der Waals surface area contributed by atoms with Crippen molar-refractivity contribution >= 4 is 28.8 Å². The van der Waals surface area contributed by atoms with Gasteiger partial charge in [-0.2, -0.15) is 0 Å². The van der Waals surface area contributed by atoms with E-state index in [0.717, 1.165) is 22.2 Å². The maximum Gasteiger partial charge on any atom is 0.280 e. The fourth-order valence-corrected chi connectivity index (χ4v) is 4.23. The molecule has 0 unspecified atom stereocenters. The Bertz CT molecular complexity index is 1050. The van der Waals surface area contributed by atoms with Gasteiger partial charge in [0, 0.05) is 41.2 Å². The molecule has 2 aliphatic rings. The molecule has 0 bridgehead atoms. The number of ether oxygens (including phenoxy) is 1. The van der Waals surface area contributed by atoms with Gasteiger partial charge in [0.15, 0.2) is 0 Å². The quantitative estimate of drug-likeness (QED) is 0.545. The second kappa shape index (κ2) is 6.57. The number of fused-ring (bicyclic) bond motifs is 2. The van der Waals surface area contributed by atoms with Gasteiger partial charge in [-0.15, -0.1) is 6.58 Å². The Hall–Kier alpha value is -2.90. The highest BCUT2D eigenvalue weighted by atomic mass is 16.5. The number of piperazine rings is 1. The van der Waals surface area contributed by atoms with Crippen molar-refractivity contribution in [3.8, 4) is 0 Å². The van der Waals surface area contributed by atoms with Gasteiger partial charge in [-0.05, 0) is 18.6 Å². The molecule has 2 saturated heterocycles. The number of aliphatic hydroxyl groups is 1. The molecule has 0 spiro atoms. The van der Waals surface area contributed by atoms with Gasteiger partial charge in [0.25, 0.3) is 17.5 Å². The number of aromatic amines is 1. The van der Waals surface area contributed by atoms with Gasteiger partial charge in [-0.25, -0.2) is 0 Å². The van der Waals surface area contributed by atoms with Crippen molar-refractivity contribution < 1.29 is 19.4 Å². The van der Waals surface area contributed by atoms with Gasteiger partial charge in [0.2, 0.25) is 0 Å². The molecule has 1 aromatic carbocycles. The van der Waals surface area contributed by atoms with Crippen LogP contribution in [-0.4, -0.2) is 52.3 Å². The van der Waals surface area contributed by atoms with Crippen LogP contribution in [0.1, 0.15) is 31.5 Å². The number of amides is 2. The van der Waals surface area contributed by atoms with E-state index in [4.69, 9.17) is 4.74 Å². The second-order valence-electron chi connectivity index (χ2n) is 8.06. The highest BCUT2D eigenvalue weighted by Crippen LogP contribution is 2.37. The topological polar surface area (TPSA) is 94.7 Å². The van der Waals surface area contributed by atoms with Crippen molar-refractivity contribution in [2.75, 3.05) is 13.7 Å². The number of para-hydroxylation sites is 1. The Balaban J connectivity index is 1.87. The first-order chi connectivity index (χ1) is 13.8. The Kier molecular flexibility index (Phi) is 4.40. The zero-order valence-electron chi connectivity index (χ0n) is 16.8. The van der Waals surface area contributed by atoms with Crippen molar-refractivity contribution in [2.24, 2.45) is 0 Å². The fraction of sp³-hybridized carbons (Fsp3) is 0.364. The molecular weight excluding hydrogens is 370 g/mol. The number of aliphatic hydroxyl groups excluding tert-OH is 1. The number of hydrogen-bond acceptors (Lipinski definition) is 4. The number of carbonyl (C=O) groups excluding carboxylic acids is 2. The van der Waals surface area contributed by atoms with Crippen molar-refractivity contribution in [1.29, 1.82) is 0 Å². The average Bonchev–Trinajstić information content (AvgIpc) is 3.25. The summed E-state index contributed by atoms with van der Waals surface area (Å²) in [6, 6.07) is 7.80. The lowest BCUT2D eigenvalue weighted by Crippen LogP contribution is -2.68. The van der Waals surface area contributed by atoms with E-state index >= 15 is 0 Å². The van der Waals surface area contributed by atoms with Gasteiger partial charge < -0.3 is 20.1 Å². The molecule has 2 aromatic rings. The lowest BCUT2D eigenvalue weighted by atomic mass is 9.86. The zero-order valence-corrected chi connectivity index (χ0v) is 16.8. The molecule has 2 fully saturated rings. The summed E-state index contributed by atoms with van der Waals surface area (Å²) in [6.07, 6.45) is 2.75. The van der Waals surface area contributed by atoms with Crippen LogP contribution in [-0.2, 0) is 19.7 Å². The normalized spacial score (nSPS) is 26.1. The van der Waals surface area contributed by atoms with Crippen molar-refractivity contribution in [3.63, 3.8) is 0 Å². The fourth-order valence-electron chi connectivity index (χ4n) is 4.23. The van der Waals surface area contributed by atoms with Crippen LogP contribution in [0.3, 0.4) is 0 Å². The van der Waals surface area contributed by atoms with Gasteiger partial charge in [0.1, 0.15) is 11.8 Å². The van der Waals surface area contributed by atoms with E-state index in [1.807, 2.05) is 44.2 Å². The molecule has 1 aromatic heterocycles. The maximum absolute atomic E-state index is 13.2. The first kappa shape index (κ1) is 19.4. The van der Waals surface area contributed by atoms with E-state index < -0.39 is 17.7 Å². The number of aromatic nitrogens is 1. The van der Waals surface area contributed by atoms with E-state index in [-0.39, 0.29) is 30.0 Å². The number of methoxy groups -OCH3 is 1. The number of H-pyrrole nitrogens is 1. The third-order valence-electron chi connectivity index (χ3n) is 6.03. The minimum absolute atomic E-state index is 0.155. The molecule has 7 heteroatoms. The molecule has 2 amide bonds. The van der Waals surface area contributed by atoms with E-state index in [1.165, 1.54) is 12.0 Å².